The van der Waals surface area contributed by atoms with Crippen LogP contribution in [-0.4, -0.2) is 18.0 Å². The number of hydrogen-bond acceptors (Lipinski definition) is 2. The number of benzene rings is 1. The van der Waals surface area contributed by atoms with Crippen molar-refractivity contribution in [3.05, 3.63) is 28.2 Å². The lowest BCUT2D eigenvalue weighted by atomic mass is 10.0. The molecule has 0 aromatic heterocycles. The third-order valence-corrected chi connectivity index (χ3v) is 4.80. The summed E-state index contributed by atoms with van der Waals surface area (Å²) in [4.78, 5) is 2.58. The first kappa shape index (κ1) is 11.5. The molecule has 0 bridgehead atoms. The Balaban J connectivity index is 1.67. The van der Waals surface area contributed by atoms with E-state index < -0.39 is 0 Å². The van der Waals surface area contributed by atoms with Gasteiger partial charge in [-0.3, -0.25) is 4.90 Å². The molecule has 1 aliphatic carbocycles. The molecule has 2 aliphatic rings. The summed E-state index contributed by atoms with van der Waals surface area (Å²) in [5.74, 6) is 1.93. The van der Waals surface area contributed by atoms with Gasteiger partial charge in [0.2, 0.25) is 0 Å². The molecule has 1 aromatic rings. The van der Waals surface area contributed by atoms with Gasteiger partial charge in [-0.1, -0.05) is 28.4 Å². The molecule has 2 atom stereocenters. The molecule has 2 N–H and O–H groups in total. The molecule has 1 heterocycles. The fourth-order valence-corrected chi connectivity index (χ4v) is 3.79. The zero-order chi connectivity index (χ0) is 11.8. The number of rotatable bonds is 2. The first-order chi connectivity index (χ1) is 8.22. The van der Waals surface area contributed by atoms with E-state index in [4.69, 9.17) is 5.73 Å². The maximum atomic E-state index is 6.06. The number of nitrogens with two attached hydrogens (primary N) is 1. The monoisotopic (exact) mass is 294 g/mol. The molecule has 0 spiro atoms. The van der Waals surface area contributed by atoms with Gasteiger partial charge in [-0.15, -0.1) is 0 Å². The van der Waals surface area contributed by atoms with Gasteiger partial charge in [-0.25, -0.2) is 0 Å². The maximum Gasteiger partial charge on any atom is 0.0371 e. The van der Waals surface area contributed by atoms with Gasteiger partial charge >= 0.3 is 0 Å². The second kappa shape index (κ2) is 4.62. The Bertz CT molecular complexity index is 407. The van der Waals surface area contributed by atoms with Crippen LogP contribution in [0.1, 0.15) is 24.8 Å². The molecular formula is C14H19BrN2. The Morgan fingerprint density at radius 2 is 1.94 bits per heavy atom. The predicted molar refractivity (Wildman–Crippen MR) is 74.7 cm³/mol. The number of fused-ring (bicyclic) bond motifs is 1. The van der Waals surface area contributed by atoms with Crippen molar-refractivity contribution in [2.24, 2.45) is 11.8 Å². The van der Waals surface area contributed by atoms with E-state index in [2.05, 4.69) is 33.0 Å². The van der Waals surface area contributed by atoms with Crippen molar-refractivity contribution < 1.29 is 0 Å². The number of halogens is 1. The molecule has 92 valence electrons. The van der Waals surface area contributed by atoms with Crippen LogP contribution in [0, 0.1) is 11.8 Å². The van der Waals surface area contributed by atoms with E-state index in [-0.39, 0.29) is 0 Å². The van der Waals surface area contributed by atoms with Crippen LogP contribution in [0.3, 0.4) is 0 Å². The molecule has 2 nitrogen and oxygen atoms in total. The van der Waals surface area contributed by atoms with Crippen LogP contribution < -0.4 is 5.73 Å². The molecule has 3 heteroatoms. The molecule has 1 saturated heterocycles. The Kier molecular flexibility index (Phi) is 3.14. The van der Waals surface area contributed by atoms with E-state index >= 15 is 0 Å². The van der Waals surface area contributed by atoms with Crippen molar-refractivity contribution in [2.75, 3.05) is 18.8 Å². The summed E-state index contributed by atoms with van der Waals surface area (Å²) in [6.45, 7) is 3.58. The zero-order valence-corrected chi connectivity index (χ0v) is 11.6. The van der Waals surface area contributed by atoms with Crippen LogP contribution in [0.4, 0.5) is 5.69 Å². The third-order valence-electron chi connectivity index (χ3n) is 4.30. The number of nitrogen functional groups attached to an aromatic ring is 1. The van der Waals surface area contributed by atoms with Crippen LogP contribution in [0.25, 0.3) is 0 Å². The highest BCUT2D eigenvalue weighted by Gasteiger charge is 2.35. The molecule has 2 fully saturated rings. The van der Waals surface area contributed by atoms with Gasteiger partial charge < -0.3 is 5.73 Å². The van der Waals surface area contributed by atoms with Crippen molar-refractivity contribution in [3.8, 4) is 0 Å². The minimum absolute atomic E-state index is 0.913. The van der Waals surface area contributed by atoms with Gasteiger partial charge in [0.25, 0.3) is 0 Å². The minimum Gasteiger partial charge on any atom is -0.398 e. The maximum absolute atomic E-state index is 6.06. The summed E-state index contributed by atoms with van der Waals surface area (Å²) < 4.78 is 1.07. The van der Waals surface area contributed by atoms with E-state index in [1.54, 1.807) is 0 Å². The van der Waals surface area contributed by atoms with E-state index in [1.807, 2.05) is 6.07 Å². The van der Waals surface area contributed by atoms with Gasteiger partial charge in [-0.2, -0.15) is 0 Å². The van der Waals surface area contributed by atoms with Crippen molar-refractivity contribution in [3.63, 3.8) is 0 Å². The molecule has 1 aliphatic heterocycles. The Morgan fingerprint density at radius 3 is 2.59 bits per heavy atom. The Hall–Kier alpha value is -0.540. The van der Waals surface area contributed by atoms with Crippen LogP contribution >= 0.6 is 15.9 Å². The topological polar surface area (TPSA) is 29.3 Å². The van der Waals surface area contributed by atoms with Crippen LogP contribution in [-0.2, 0) is 6.54 Å². The summed E-state index contributed by atoms with van der Waals surface area (Å²) in [7, 11) is 0. The molecule has 1 aromatic carbocycles. The van der Waals surface area contributed by atoms with Crippen LogP contribution in [0.5, 0.6) is 0 Å². The smallest absolute Gasteiger partial charge is 0.0371 e. The molecular weight excluding hydrogens is 276 g/mol. The average molecular weight is 295 g/mol. The summed E-state index contributed by atoms with van der Waals surface area (Å²) >= 11 is 3.45. The number of likely N-dealkylation sites (tertiary alicyclic amines) is 1. The first-order valence-corrected chi connectivity index (χ1v) is 7.28. The highest BCUT2D eigenvalue weighted by atomic mass is 79.9. The molecule has 0 amide bonds. The fraction of sp³-hybridized carbons (Fsp3) is 0.571. The van der Waals surface area contributed by atoms with E-state index in [0.717, 1.165) is 28.5 Å². The Morgan fingerprint density at radius 1 is 1.24 bits per heavy atom. The zero-order valence-electron chi connectivity index (χ0n) is 10.0. The third kappa shape index (κ3) is 2.36. The van der Waals surface area contributed by atoms with Gasteiger partial charge in [-0.05, 0) is 42.4 Å². The van der Waals surface area contributed by atoms with Crippen LogP contribution in [0.2, 0.25) is 0 Å². The summed E-state index contributed by atoms with van der Waals surface area (Å²) in [6, 6.07) is 6.24. The van der Waals surface area contributed by atoms with E-state index in [1.165, 1.54) is 37.9 Å². The lowest BCUT2D eigenvalue weighted by Crippen LogP contribution is -2.21. The van der Waals surface area contributed by atoms with Gasteiger partial charge in [0.1, 0.15) is 0 Å². The van der Waals surface area contributed by atoms with Gasteiger partial charge in [0.05, 0.1) is 0 Å². The highest BCUT2D eigenvalue weighted by Crippen LogP contribution is 2.38. The highest BCUT2D eigenvalue weighted by molar-refractivity contribution is 9.10. The molecule has 17 heavy (non-hydrogen) atoms. The van der Waals surface area contributed by atoms with Crippen molar-refractivity contribution in [1.82, 2.24) is 4.90 Å². The van der Waals surface area contributed by atoms with Crippen molar-refractivity contribution in [1.29, 1.82) is 0 Å². The SMILES string of the molecule is Nc1cc(Br)ccc1CN1CC2CCCC2C1. The molecule has 2 unspecified atom stereocenters. The second-order valence-corrected chi connectivity index (χ2v) is 6.40. The quantitative estimate of drug-likeness (QED) is 0.849. The molecule has 1 saturated carbocycles. The lowest BCUT2D eigenvalue weighted by Gasteiger charge is -2.18. The van der Waals surface area contributed by atoms with Crippen molar-refractivity contribution >= 4 is 21.6 Å². The van der Waals surface area contributed by atoms with E-state index in [9.17, 15) is 0 Å². The molecule has 3 rings (SSSR count). The van der Waals surface area contributed by atoms with Crippen molar-refractivity contribution in [2.45, 2.75) is 25.8 Å². The molecule has 0 radical (unpaired) electrons. The summed E-state index contributed by atoms with van der Waals surface area (Å²) in [6.07, 6.45) is 4.33. The first-order valence-electron chi connectivity index (χ1n) is 6.48. The minimum atomic E-state index is 0.913. The average Bonchev–Trinajstić information content (AvgIpc) is 2.82. The number of hydrogen-bond donors (Lipinski definition) is 1. The summed E-state index contributed by atoms with van der Waals surface area (Å²) in [5, 5.41) is 0. The summed E-state index contributed by atoms with van der Waals surface area (Å²) in [5.41, 5.74) is 8.24. The normalized spacial score (nSPS) is 28.5. The fourth-order valence-electron chi connectivity index (χ4n) is 3.41. The van der Waals surface area contributed by atoms with Gasteiger partial charge in [0.15, 0.2) is 0 Å². The largest absolute Gasteiger partial charge is 0.398 e. The van der Waals surface area contributed by atoms with Crippen LogP contribution in [0.15, 0.2) is 22.7 Å². The van der Waals surface area contributed by atoms with E-state index in [0.29, 0.717) is 0 Å². The second-order valence-electron chi connectivity index (χ2n) is 5.49. The predicted octanol–water partition coefficient (Wildman–Crippen LogP) is 3.26. The standard InChI is InChI=1S/C14H19BrN2/c15-13-5-4-12(14(16)6-13)9-17-7-10-2-1-3-11(10)8-17/h4-6,10-11H,1-3,7-9,16H2. The number of nitrogens with zero attached hydrogens (tertiary/aromatic N) is 1. The number of anilines is 1. The Labute approximate surface area is 111 Å². The lowest BCUT2D eigenvalue weighted by molar-refractivity contribution is 0.304. The van der Waals surface area contributed by atoms with Gasteiger partial charge in [0, 0.05) is 29.8 Å².